The predicted molar refractivity (Wildman–Crippen MR) is 58.2 cm³/mol. The van der Waals surface area contributed by atoms with Gasteiger partial charge in [0.15, 0.2) is 0 Å². The van der Waals surface area contributed by atoms with E-state index < -0.39 is 0 Å². The molecule has 2 N–H and O–H groups in total. The molecule has 2 rings (SSSR count). The summed E-state index contributed by atoms with van der Waals surface area (Å²) < 4.78 is 0. The first-order chi connectivity index (χ1) is 7.25. The number of nitrogens with zero attached hydrogens (tertiary/aromatic N) is 1. The summed E-state index contributed by atoms with van der Waals surface area (Å²) in [6.07, 6.45) is 1.14. The summed E-state index contributed by atoms with van der Waals surface area (Å²) in [4.78, 5) is 11.5. The molecule has 4 heteroatoms. The van der Waals surface area contributed by atoms with Gasteiger partial charge in [0.1, 0.15) is 0 Å². The van der Waals surface area contributed by atoms with Crippen LogP contribution in [-0.4, -0.2) is 23.6 Å². The molecule has 79 valence electrons. The molecule has 1 atom stereocenters. The van der Waals surface area contributed by atoms with E-state index in [9.17, 15) is 4.79 Å². The maximum Gasteiger partial charge on any atom is 0.333 e. The van der Waals surface area contributed by atoms with Crippen molar-refractivity contribution < 1.29 is 4.79 Å². The molecule has 1 fully saturated rings. The zero-order valence-electron chi connectivity index (χ0n) is 8.66. The zero-order valence-corrected chi connectivity index (χ0v) is 8.66. The van der Waals surface area contributed by atoms with Gasteiger partial charge in [-0.3, -0.25) is 5.43 Å². The molecule has 0 aliphatic carbocycles. The number of carbonyl (C=O) groups is 1. The Bertz CT molecular complexity index is 339. The van der Waals surface area contributed by atoms with Crippen molar-refractivity contribution in [3.63, 3.8) is 0 Å². The van der Waals surface area contributed by atoms with Gasteiger partial charge in [-0.15, -0.1) is 0 Å². The third-order valence-corrected chi connectivity index (χ3v) is 2.52. The normalized spacial score (nSPS) is 20.5. The summed E-state index contributed by atoms with van der Waals surface area (Å²) in [5, 5.41) is 4.63. The summed E-state index contributed by atoms with van der Waals surface area (Å²) in [6.45, 7) is 3.01. The van der Waals surface area contributed by atoms with E-state index in [1.807, 2.05) is 17.1 Å². The van der Waals surface area contributed by atoms with Crippen molar-refractivity contribution >= 4 is 11.7 Å². The first-order valence-corrected chi connectivity index (χ1v) is 5.07. The molecule has 1 radical (unpaired) electrons. The quantitative estimate of drug-likeness (QED) is 0.768. The Morgan fingerprint density at radius 1 is 1.60 bits per heavy atom. The Balaban J connectivity index is 1.82. The van der Waals surface area contributed by atoms with Gasteiger partial charge in [-0.2, -0.15) is 0 Å². The van der Waals surface area contributed by atoms with Crippen molar-refractivity contribution in [3.8, 4) is 0 Å². The van der Waals surface area contributed by atoms with Crippen molar-refractivity contribution in [3.05, 3.63) is 30.3 Å². The van der Waals surface area contributed by atoms with Crippen LogP contribution in [0.3, 0.4) is 0 Å². The molecule has 1 saturated heterocycles. The lowest BCUT2D eigenvalue weighted by Crippen LogP contribution is -2.56. The second-order valence-electron chi connectivity index (χ2n) is 3.67. The summed E-state index contributed by atoms with van der Waals surface area (Å²) in [7, 11) is 0. The van der Waals surface area contributed by atoms with E-state index in [0.29, 0.717) is 11.7 Å². The highest BCUT2D eigenvalue weighted by molar-refractivity contribution is 5.88. The number of carbonyl (C=O) groups excluding carboxylic acids is 1. The number of hydrazine groups is 1. The first-order valence-electron chi connectivity index (χ1n) is 5.07. The van der Waals surface area contributed by atoms with Gasteiger partial charge < -0.3 is 5.32 Å². The van der Waals surface area contributed by atoms with Gasteiger partial charge in [0.2, 0.25) is 0 Å². The van der Waals surface area contributed by atoms with Gasteiger partial charge in [-0.25, -0.2) is 9.80 Å². The van der Waals surface area contributed by atoms with Crippen LogP contribution >= 0.6 is 0 Å². The molecule has 2 amide bonds. The minimum Gasteiger partial charge on any atom is -0.306 e. The maximum atomic E-state index is 11.5. The number of amides is 2. The van der Waals surface area contributed by atoms with Gasteiger partial charge in [0, 0.05) is 18.7 Å². The van der Waals surface area contributed by atoms with Crippen molar-refractivity contribution in [2.24, 2.45) is 0 Å². The van der Waals surface area contributed by atoms with Crippen LogP contribution in [0, 0.1) is 6.07 Å². The molecule has 1 aliphatic heterocycles. The summed E-state index contributed by atoms with van der Waals surface area (Å²) in [6, 6.07) is 10.5. The topological polar surface area (TPSA) is 44.4 Å². The number of nitrogens with one attached hydrogen (secondary N) is 2. The molecular formula is C11H14N3O. The molecule has 1 heterocycles. The summed E-state index contributed by atoms with van der Waals surface area (Å²) >= 11 is 0. The minimum absolute atomic E-state index is 0.205. The Kier molecular flexibility index (Phi) is 2.87. The number of hydrogen-bond acceptors (Lipinski definition) is 2. The molecule has 15 heavy (non-hydrogen) atoms. The second-order valence-corrected chi connectivity index (χ2v) is 3.67. The van der Waals surface area contributed by atoms with Crippen LogP contribution in [0.1, 0.15) is 13.3 Å². The Hall–Kier alpha value is -1.55. The van der Waals surface area contributed by atoms with E-state index in [0.717, 1.165) is 13.0 Å². The van der Waals surface area contributed by atoms with Crippen LogP contribution in [-0.2, 0) is 0 Å². The number of hydrogen-bond donors (Lipinski definition) is 2. The smallest absolute Gasteiger partial charge is 0.306 e. The third kappa shape index (κ3) is 2.47. The molecule has 0 bridgehead atoms. The molecule has 1 aromatic carbocycles. The van der Waals surface area contributed by atoms with Crippen LogP contribution in [0.5, 0.6) is 0 Å². The molecule has 1 aliphatic rings. The summed E-state index contributed by atoms with van der Waals surface area (Å²) in [5.41, 5.74) is 3.46. The average Bonchev–Trinajstić information content (AvgIpc) is 2.25. The number of para-hydroxylation sites is 1. The predicted octanol–water partition coefficient (Wildman–Crippen LogP) is 1.62. The zero-order chi connectivity index (χ0) is 10.7. The third-order valence-electron chi connectivity index (χ3n) is 2.52. The second kappa shape index (κ2) is 4.31. The Morgan fingerprint density at radius 3 is 3.00 bits per heavy atom. The van der Waals surface area contributed by atoms with Crippen molar-refractivity contribution in [2.75, 3.05) is 11.9 Å². The number of urea groups is 1. The highest BCUT2D eigenvalue weighted by Crippen LogP contribution is 2.12. The summed E-state index contributed by atoms with van der Waals surface area (Å²) in [5.74, 6) is 0. The van der Waals surface area contributed by atoms with Gasteiger partial charge in [-0.1, -0.05) is 18.2 Å². The molecule has 0 spiro atoms. The van der Waals surface area contributed by atoms with Gasteiger partial charge in [0.25, 0.3) is 0 Å². The van der Waals surface area contributed by atoms with Crippen molar-refractivity contribution in [2.45, 2.75) is 19.4 Å². The van der Waals surface area contributed by atoms with Crippen LogP contribution < -0.4 is 10.7 Å². The standard InChI is InChI=1S/C11H14N3O/c1-9-7-8-14(9)13-11(15)12-10-5-3-2-4-6-10/h2-5,9H,7-8H2,1H3,(H2,12,13,15). The molecule has 1 aromatic rings. The number of rotatable bonds is 2. The lowest BCUT2D eigenvalue weighted by Gasteiger charge is -2.38. The first kappa shape index (κ1) is 9.98. The van der Waals surface area contributed by atoms with E-state index in [2.05, 4.69) is 23.7 Å². The maximum absolute atomic E-state index is 11.5. The fourth-order valence-corrected chi connectivity index (χ4v) is 1.43. The highest BCUT2D eigenvalue weighted by atomic mass is 16.2. The van der Waals surface area contributed by atoms with Crippen LogP contribution in [0.4, 0.5) is 10.5 Å². The van der Waals surface area contributed by atoms with E-state index >= 15 is 0 Å². The largest absolute Gasteiger partial charge is 0.333 e. The fourth-order valence-electron chi connectivity index (χ4n) is 1.43. The van der Waals surface area contributed by atoms with Crippen LogP contribution in [0.2, 0.25) is 0 Å². The monoisotopic (exact) mass is 204 g/mol. The average molecular weight is 204 g/mol. The Morgan fingerprint density at radius 2 is 2.47 bits per heavy atom. The van der Waals surface area contributed by atoms with E-state index in [1.165, 1.54) is 0 Å². The lowest BCUT2D eigenvalue weighted by molar-refractivity contribution is 0.0609. The molecule has 0 saturated carbocycles. The van der Waals surface area contributed by atoms with E-state index in [-0.39, 0.29) is 6.03 Å². The highest BCUT2D eigenvalue weighted by Gasteiger charge is 2.24. The van der Waals surface area contributed by atoms with E-state index in [4.69, 9.17) is 0 Å². The number of anilines is 1. The van der Waals surface area contributed by atoms with Gasteiger partial charge in [-0.05, 0) is 19.4 Å². The van der Waals surface area contributed by atoms with Crippen LogP contribution in [0.25, 0.3) is 0 Å². The number of benzene rings is 1. The van der Waals surface area contributed by atoms with Crippen LogP contribution in [0.15, 0.2) is 24.3 Å². The Labute approximate surface area is 89.2 Å². The molecular weight excluding hydrogens is 190 g/mol. The fraction of sp³-hybridized carbons (Fsp3) is 0.364. The van der Waals surface area contributed by atoms with Gasteiger partial charge in [0.05, 0.1) is 5.69 Å². The lowest BCUT2D eigenvalue weighted by atomic mass is 10.1. The molecule has 0 aromatic heterocycles. The molecule has 1 unspecified atom stereocenters. The molecule has 4 nitrogen and oxygen atoms in total. The van der Waals surface area contributed by atoms with Crippen molar-refractivity contribution in [1.29, 1.82) is 0 Å². The minimum atomic E-state index is -0.205. The van der Waals surface area contributed by atoms with Crippen molar-refractivity contribution in [1.82, 2.24) is 10.4 Å². The van der Waals surface area contributed by atoms with Gasteiger partial charge >= 0.3 is 6.03 Å². The van der Waals surface area contributed by atoms with E-state index in [1.54, 1.807) is 12.1 Å². The SMILES string of the molecule is CC1CCN1NC(=O)Nc1[c]cccc1.